The first-order chi connectivity index (χ1) is 9.49. The highest BCUT2D eigenvalue weighted by atomic mass is 19.3. The van der Waals surface area contributed by atoms with Gasteiger partial charge in [0, 0.05) is 17.7 Å². The summed E-state index contributed by atoms with van der Waals surface area (Å²) in [7, 11) is 0. The van der Waals surface area contributed by atoms with E-state index in [4.69, 9.17) is 0 Å². The Kier molecular flexibility index (Phi) is 4.39. The van der Waals surface area contributed by atoms with Gasteiger partial charge < -0.3 is 5.32 Å². The van der Waals surface area contributed by atoms with Crippen molar-refractivity contribution in [3.8, 4) is 0 Å². The quantitative estimate of drug-likeness (QED) is 0.822. The monoisotopic (exact) mass is 283 g/mol. The lowest BCUT2D eigenvalue weighted by Gasteiger charge is -2.17. The molecule has 0 radical (unpaired) electrons. The van der Waals surface area contributed by atoms with Crippen LogP contribution in [0.5, 0.6) is 0 Å². The molecule has 2 rings (SSSR count). The molecular formula is C15H13F4N. The van der Waals surface area contributed by atoms with Gasteiger partial charge >= 0.3 is 0 Å². The van der Waals surface area contributed by atoms with Gasteiger partial charge in [0.15, 0.2) is 0 Å². The average Bonchev–Trinajstić information content (AvgIpc) is 2.43. The summed E-state index contributed by atoms with van der Waals surface area (Å²) in [6, 6.07) is 10.3. The van der Waals surface area contributed by atoms with Crippen molar-refractivity contribution < 1.29 is 17.6 Å². The number of hydrogen-bond donors (Lipinski definition) is 1. The third kappa shape index (κ3) is 3.57. The molecule has 0 saturated carbocycles. The zero-order chi connectivity index (χ0) is 14.6. The molecule has 0 aromatic heterocycles. The Hall–Kier alpha value is -1.88. The normalized spacial score (nSPS) is 11.6. The zero-order valence-electron chi connectivity index (χ0n) is 10.5. The molecule has 0 spiro atoms. The Morgan fingerprint density at radius 3 is 2.35 bits per heavy atom. The van der Waals surface area contributed by atoms with E-state index in [1.54, 1.807) is 6.07 Å². The minimum atomic E-state index is -3.06. The van der Waals surface area contributed by atoms with E-state index in [9.17, 15) is 17.6 Å². The molecule has 20 heavy (non-hydrogen) atoms. The van der Waals surface area contributed by atoms with Crippen molar-refractivity contribution in [3.63, 3.8) is 0 Å². The topological polar surface area (TPSA) is 12.0 Å². The Morgan fingerprint density at radius 2 is 1.65 bits per heavy atom. The summed E-state index contributed by atoms with van der Waals surface area (Å²) in [5.41, 5.74) is -0.0962. The molecule has 0 amide bonds. The molecule has 5 heteroatoms. The molecule has 0 aliphatic rings. The van der Waals surface area contributed by atoms with Crippen LogP contribution in [0.1, 0.15) is 11.1 Å². The molecule has 0 atom stereocenters. The van der Waals surface area contributed by atoms with Crippen LogP contribution in [0.4, 0.5) is 17.6 Å². The molecule has 0 fully saturated rings. The maximum absolute atomic E-state index is 13.8. The fraction of sp³-hybridized carbons (Fsp3) is 0.200. The van der Waals surface area contributed by atoms with Gasteiger partial charge in [-0.25, -0.2) is 8.78 Å². The number of rotatable bonds is 5. The van der Waals surface area contributed by atoms with E-state index < -0.39 is 24.1 Å². The fourth-order valence-corrected chi connectivity index (χ4v) is 1.82. The van der Waals surface area contributed by atoms with Crippen LogP contribution in [0, 0.1) is 11.6 Å². The molecule has 0 aliphatic heterocycles. The summed E-state index contributed by atoms with van der Waals surface area (Å²) < 4.78 is 53.9. The Bertz CT molecular complexity index is 569. The van der Waals surface area contributed by atoms with Gasteiger partial charge in [-0.05, 0) is 18.2 Å². The first kappa shape index (κ1) is 14.5. The Labute approximate surface area is 114 Å². The summed E-state index contributed by atoms with van der Waals surface area (Å²) in [6.45, 7) is -0.807. The van der Waals surface area contributed by atoms with E-state index in [1.165, 1.54) is 24.3 Å². The van der Waals surface area contributed by atoms with Crippen molar-refractivity contribution in [3.05, 3.63) is 71.3 Å². The predicted octanol–water partition coefficient (Wildman–Crippen LogP) is 3.85. The molecule has 0 bridgehead atoms. The highest BCUT2D eigenvalue weighted by molar-refractivity contribution is 5.21. The van der Waals surface area contributed by atoms with Gasteiger partial charge in [0.2, 0.25) is 0 Å². The number of halogens is 4. The molecule has 106 valence electrons. The fourth-order valence-electron chi connectivity index (χ4n) is 1.82. The number of benzene rings is 2. The van der Waals surface area contributed by atoms with Gasteiger partial charge in [-0.2, -0.15) is 8.78 Å². The molecule has 1 N–H and O–H groups in total. The van der Waals surface area contributed by atoms with E-state index in [-0.39, 0.29) is 17.7 Å². The molecular weight excluding hydrogens is 270 g/mol. The second-order valence-electron chi connectivity index (χ2n) is 4.41. The van der Waals surface area contributed by atoms with E-state index in [2.05, 4.69) is 5.32 Å². The third-order valence-electron chi connectivity index (χ3n) is 2.87. The maximum Gasteiger partial charge on any atom is 0.285 e. The van der Waals surface area contributed by atoms with Crippen LogP contribution in [-0.4, -0.2) is 6.54 Å². The summed E-state index contributed by atoms with van der Waals surface area (Å²) in [6.07, 6.45) is 0. The van der Waals surface area contributed by atoms with Crippen molar-refractivity contribution in [1.82, 2.24) is 5.32 Å². The Morgan fingerprint density at radius 1 is 0.950 bits per heavy atom. The van der Waals surface area contributed by atoms with Crippen molar-refractivity contribution >= 4 is 0 Å². The molecule has 0 unspecified atom stereocenters. The van der Waals surface area contributed by atoms with Crippen molar-refractivity contribution in [1.29, 1.82) is 0 Å². The molecule has 2 aromatic rings. The van der Waals surface area contributed by atoms with Crippen molar-refractivity contribution in [2.24, 2.45) is 0 Å². The predicted molar refractivity (Wildman–Crippen MR) is 68.4 cm³/mol. The second-order valence-corrected chi connectivity index (χ2v) is 4.41. The van der Waals surface area contributed by atoms with Crippen LogP contribution < -0.4 is 5.32 Å². The molecule has 0 aliphatic carbocycles. The summed E-state index contributed by atoms with van der Waals surface area (Å²) in [5.74, 6) is -4.29. The third-order valence-corrected chi connectivity index (χ3v) is 2.87. The van der Waals surface area contributed by atoms with Gasteiger partial charge in [0.05, 0.1) is 6.54 Å². The maximum atomic E-state index is 13.8. The zero-order valence-corrected chi connectivity index (χ0v) is 10.5. The van der Waals surface area contributed by atoms with Crippen LogP contribution in [0.3, 0.4) is 0 Å². The van der Waals surface area contributed by atoms with Crippen LogP contribution >= 0.6 is 0 Å². The van der Waals surface area contributed by atoms with Gasteiger partial charge in [-0.1, -0.05) is 30.3 Å². The minimum Gasteiger partial charge on any atom is -0.307 e. The number of alkyl halides is 2. The summed E-state index contributed by atoms with van der Waals surface area (Å²) in [5, 5.41) is 2.45. The number of nitrogens with one attached hydrogen (secondary N) is 1. The highest BCUT2D eigenvalue weighted by Gasteiger charge is 2.30. The van der Waals surface area contributed by atoms with E-state index in [0.717, 1.165) is 18.2 Å². The first-order valence-corrected chi connectivity index (χ1v) is 6.07. The van der Waals surface area contributed by atoms with Gasteiger partial charge in [-0.3, -0.25) is 0 Å². The molecule has 1 nitrogen and oxygen atoms in total. The lowest BCUT2D eigenvalue weighted by Crippen LogP contribution is -2.30. The van der Waals surface area contributed by atoms with Crippen LogP contribution in [0.15, 0.2) is 48.5 Å². The molecule has 2 aromatic carbocycles. The van der Waals surface area contributed by atoms with Gasteiger partial charge in [0.25, 0.3) is 5.92 Å². The van der Waals surface area contributed by atoms with Crippen molar-refractivity contribution in [2.45, 2.75) is 12.5 Å². The molecule has 0 heterocycles. The van der Waals surface area contributed by atoms with Gasteiger partial charge in [-0.15, -0.1) is 0 Å². The van der Waals surface area contributed by atoms with E-state index in [1.807, 2.05) is 0 Å². The van der Waals surface area contributed by atoms with Gasteiger partial charge in [0.1, 0.15) is 11.6 Å². The van der Waals surface area contributed by atoms with Crippen LogP contribution in [0.2, 0.25) is 0 Å². The van der Waals surface area contributed by atoms with E-state index in [0.29, 0.717) is 0 Å². The SMILES string of the molecule is Fc1ccc(F)c(CNCC(F)(F)c2ccccc2)c1. The largest absolute Gasteiger partial charge is 0.307 e. The van der Waals surface area contributed by atoms with Crippen LogP contribution in [0.25, 0.3) is 0 Å². The average molecular weight is 283 g/mol. The Balaban J connectivity index is 1.97. The van der Waals surface area contributed by atoms with Crippen LogP contribution in [-0.2, 0) is 12.5 Å². The smallest absolute Gasteiger partial charge is 0.285 e. The minimum absolute atomic E-state index is 0.0221. The standard InChI is InChI=1S/C15H13F4N/c16-13-6-7-14(17)11(8-13)9-20-10-15(18,19)12-4-2-1-3-5-12/h1-8,20H,9-10H2. The lowest BCUT2D eigenvalue weighted by atomic mass is 10.1. The highest BCUT2D eigenvalue weighted by Crippen LogP contribution is 2.26. The first-order valence-electron chi connectivity index (χ1n) is 6.07. The number of hydrogen-bond acceptors (Lipinski definition) is 1. The van der Waals surface area contributed by atoms with E-state index >= 15 is 0 Å². The summed E-state index contributed by atoms with van der Waals surface area (Å²) >= 11 is 0. The summed E-state index contributed by atoms with van der Waals surface area (Å²) in [4.78, 5) is 0. The lowest BCUT2D eigenvalue weighted by molar-refractivity contribution is -0.00349. The molecule has 0 saturated heterocycles. The second kappa shape index (κ2) is 6.05. The van der Waals surface area contributed by atoms with Crippen molar-refractivity contribution in [2.75, 3.05) is 6.54 Å².